The van der Waals surface area contributed by atoms with Gasteiger partial charge >= 0.3 is 5.69 Å². The van der Waals surface area contributed by atoms with Crippen LogP contribution in [0.15, 0.2) is 9.59 Å². The molecule has 1 aromatic heterocycles. The van der Waals surface area contributed by atoms with Crippen molar-refractivity contribution in [3.05, 3.63) is 20.8 Å². The largest absolute Gasteiger partial charge is 0.394 e. The van der Waals surface area contributed by atoms with E-state index >= 15 is 0 Å². The van der Waals surface area contributed by atoms with E-state index in [0.29, 0.717) is 0 Å². The summed E-state index contributed by atoms with van der Waals surface area (Å²) in [6, 6.07) is 0. The Morgan fingerprint density at radius 3 is 2.29 bits per heavy atom. The number of H-pyrrole nitrogens is 2. The number of aliphatic hydroxyl groups excluding tert-OH is 4. The molecular formula is C10H19ClN4O6. The molecule has 0 aromatic carbocycles. The Morgan fingerprint density at radius 1 is 1.19 bits per heavy atom. The summed E-state index contributed by atoms with van der Waals surface area (Å²) in [5, 5.41) is 37.1. The number of nitrogen functional groups attached to an aromatic ring is 1. The minimum atomic E-state index is -1.59. The zero-order valence-electron chi connectivity index (χ0n) is 11.2. The van der Waals surface area contributed by atoms with Crippen LogP contribution in [0.3, 0.4) is 0 Å². The monoisotopic (exact) mass is 326 g/mol. The van der Waals surface area contributed by atoms with Crippen LogP contribution < -0.4 is 21.9 Å². The SMILES string of the molecule is CN(C[C@H](O)[C@H](O)[C@H](O)CO)c1[nH]c(=O)[nH]c(=O)c1N.Cl. The average molecular weight is 327 g/mol. The molecule has 0 radical (unpaired) electrons. The lowest BCUT2D eigenvalue weighted by molar-refractivity contribution is -0.0729. The number of nitrogens with one attached hydrogen (secondary N) is 2. The van der Waals surface area contributed by atoms with Crippen molar-refractivity contribution in [3.63, 3.8) is 0 Å². The molecule has 0 aliphatic rings. The van der Waals surface area contributed by atoms with Crippen LogP contribution >= 0.6 is 12.4 Å². The summed E-state index contributed by atoms with van der Waals surface area (Å²) in [4.78, 5) is 28.0. The van der Waals surface area contributed by atoms with Gasteiger partial charge in [0.2, 0.25) is 0 Å². The quantitative estimate of drug-likeness (QED) is 0.282. The van der Waals surface area contributed by atoms with Gasteiger partial charge in [-0.05, 0) is 0 Å². The highest BCUT2D eigenvalue weighted by molar-refractivity contribution is 5.85. The zero-order chi connectivity index (χ0) is 15.4. The molecule has 0 bridgehead atoms. The summed E-state index contributed by atoms with van der Waals surface area (Å²) in [6.45, 7) is -0.951. The van der Waals surface area contributed by atoms with Gasteiger partial charge in [-0.1, -0.05) is 0 Å². The predicted octanol–water partition coefficient (Wildman–Crippen LogP) is -3.42. The van der Waals surface area contributed by atoms with Crippen molar-refractivity contribution in [2.45, 2.75) is 18.3 Å². The number of nitrogens with two attached hydrogens (primary N) is 1. The maximum Gasteiger partial charge on any atom is 0.327 e. The Hall–Kier alpha value is -1.59. The molecule has 0 amide bonds. The number of aliphatic hydroxyl groups is 4. The first-order chi connectivity index (χ1) is 9.27. The summed E-state index contributed by atoms with van der Waals surface area (Å²) < 4.78 is 0. The van der Waals surface area contributed by atoms with Gasteiger partial charge in [0.05, 0.1) is 12.7 Å². The molecule has 8 N–H and O–H groups in total. The molecule has 0 saturated carbocycles. The Balaban J connectivity index is 0.00000400. The third-order valence-electron chi connectivity index (χ3n) is 2.78. The summed E-state index contributed by atoms with van der Waals surface area (Å²) in [5.74, 6) is -0.0245. The van der Waals surface area contributed by atoms with Crippen LogP contribution in [0.2, 0.25) is 0 Å². The molecule has 0 aliphatic carbocycles. The predicted molar refractivity (Wildman–Crippen MR) is 77.7 cm³/mol. The van der Waals surface area contributed by atoms with Crippen molar-refractivity contribution >= 4 is 23.9 Å². The van der Waals surface area contributed by atoms with E-state index in [1.807, 2.05) is 4.98 Å². The van der Waals surface area contributed by atoms with Crippen LogP contribution in [0.4, 0.5) is 11.5 Å². The maximum atomic E-state index is 11.3. The average Bonchev–Trinajstić information content (AvgIpc) is 2.40. The first-order valence-corrected chi connectivity index (χ1v) is 5.76. The van der Waals surface area contributed by atoms with Crippen LogP contribution in [0.1, 0.15) is 0 Å². The van der Waals surface area contributed by atoms with Gasteiger partial charge in [0.25, 0.3) is 5.56 Å². The molecule has 0 spiro atoms. The van der Waals surface area contributed by atoms with Crippen molar-refractivity contribution in [3.8, 4) is 0 Å². The fourth-order valence-electron chi connectivity index (χ4n) is 1.63. The van der Waals surface area contributed by atoms with E-state index < -0.39 is 36.2 Å². The topological polar surface area (TPSA) is 176 Å². The highest BCUT2D eigenvalue weighted by Gasteiger charge is 2.26. The summed E-state index contributed by atoms with van der Waals surface area (Å²) in [7, 11) is 1.42. The van der Waals surface area contributed by atoms with E-state index in [-0.39, 0.29) is 30.5 Å². The second-order valence-corrected chi connectivity index (χ2v) is 4.36. The van der Waals surface area contributed by atoms with Gasteiger partial charge in [0, 0.05) is 13.6 Å². The molecule has 3 atom stereocenters. The van der Waals surface area contributed by atoms with Crippen molar-refractivity contribution in [2.75, 3.05) is 30.8 Å². The number of hydrogen-bond donors (Lipinski definition) is 7. The molecule has 1 rings (SSSR count). The van der Waals surface area contributed by atoms with E-state index in [2.05, 4.69) is 4.98 Å². The molecule has 21 heavy (non-hydrogen) atoms. The highest BCUT2D eigenvalue weighted by atomic mass is 35.5. The lowest BCUT2D eigenvalue weighted by atomic mass is 10.1. The molecule has 1 heterocycles. The van der Waals surface area contributed by atoms with Gasteiger partial charge in [-0.2, -0.15) is 0 Å². The van der Waals surface area contributed by atoms with E-state index in [4.69, 9.17) is 10.8 Å². The fourth-order valence-corrected chi connectivity index (χ4v) is 1.63. The van der Waals surface area contributed by atoms with E-state index in [0.717, 1.165) is 0 Å². The number of hydrogen-bond acceptors (Lipinski definition) is 8. The van der Waals surface area contributed by atoms with E-state index in [1.54, 1.807) is 0 Å². The van der Waals surface area contributed by atoms with Gasteiger partial charge in [-0.15, -0.1) is 12.4 Å². The van der Waals surface area contributed by atoms with Crippen molar-refractivity contribution in [1.29, 1.82) is 0 Å². The van der Waals surface area contributed by atoms with E-state index in [1.165, 1.54) is 11.9 Å². The lowest BCUT2D eigenvalue weighted by Crippen LogP contribution is -2.46. The Bertz CT molecular complexity index is 561. The van der Waals surface area contributed by atoms with Gasteiger partial charge in [0.1, 0.15) is 23.7 Å². The van der Waals surface area contributed by atoms with Crippen LogP contribution in [-0.4, -0.2) is 68.9 Å². The van der Waals surface area contributed by atoms with Gasteiger partial charge < -0.3 is 31.1 Å². The van der Waals surface area contributed by atoms with Crippen LogP contribution in [-0.2, 0) is 0 Å². The van der Waals surface area contributed by atoms with Crippen molar-refractivity contribution in [1.82, 2.24) is 9.97 Å². The van der Waals surface area contributed by atoms with Gasteiger partial charge in [0.15, 0.2) is 0 Å². The maximum absolute atomic E-state index is 11.3. The third kappa shape index (κ3) is 4.72. The first kappa shape index (κ1) is 19.4. The minimum absolute atomic E-state index is 0. The van der Waals surface area contributed by atoms with Gasteiger partial charge in [-0.3, -0.25) is 14.8 Å². The number of halogens is 1. The first-order valence-electron chi connectivity index (χ1n) is 5.76. The number of aromatic nitrogens is 2. The summed E-state index contributed by atoms with van der Waals surface area (Å²) in [5.41, 5.74) is 3.70. The number of aromatic amines is 2. The second kappa shape index (κ2) is 8.00. The normalized spacial score (nSPS) is 14.9. The minimum Gasteiger partial charge on any atom is -0.394 e. The lowest BCUT2D eigenvalue weighted by Gasteiger charge is -2.27. The summed E-state index contributed by atoms with van der Waals surface area (Å²) >= 11 is 0. The Kier molecular flexibility index (Phi) is 7.39. The molecule has 122 valence electrons. The molecule has 10 nitrogen and oxygen atoms in total. The Labute approximate surface area is 125 Å². The van der Waals surface area contributed by atoms with Crippen LogP contribution in [0.25, 0.3) is 0 Å². The standard InChI is InChI=1S/C10H18N4O6.ClH/c1-14(2-4(16)7(18)5(17)3-15)8-6(11)9(19)13-10(20)12-8;/h4-5,7,15-18H,2-3,11H2,1H3,(H2,12,13,19,20);1H/t4-,5+,7-;/m0./s1. The molecule has 11 heteroatoms. The smallest absolute Gasteiger partial charge is 0.327 e. The number of likely N-dealkylation sites (N-methyl/N-ethyl adjacent to an activating group) is 1. The number of anilines is 2. The second-order valence-electron chi connectivity index (χ2n) is 4.36. The molecule has 1 aromatic rings. The van der Waals surface area contributed by atoms with Crippen LogP contribution in [0, 0.1) is 0 Å². The number of rotatable bonds is 6. The van der Waals surface area contributed by atoms with Crippen molar-refractivity contribution in [2.24, 2.45) is 0 Å². The molecular weight excluding hydrogens is 308 g/mol. The van der Waals surface area contributed by atoms with Gasteiger partial charge in [-0.25, -0.2) is 4.79 Å². The van der Waals surface area contributed by atoms with Crippen LogP contribution in [0.5, 0.6) is 0 Å². The zero-order valence-corrected chi connectivity index (χ0v) is 12.0. The molecule has 0 aliphatic heterocycles. The molecule has 0 unspecified atom stereocenters. The summed E-state index contributed by atoms with van der Waals surface area (Å²) in [6.07, 6.45) is -4.52. The third-order valence-corrected chi connectivity index (χ3v) is 2.78. The highest BCUT2D eigenvalue weighted by Crippen LogP contribution is 2.13. The molecule has 0 fully saturated rings. The molecule has 0 saturated heterocycles. The number of nitrogens with zero attached hydrogens (tertiary/aromatic N) is 1. The fraction of sp³-hybridized carbons (Fsp3) is 0.600. The van der Waals surface area contributed by atoms with Crippen molar-refractivity contribution < 1.29 is 20.4 Å². The Morgan fingerprint density at radius 2 is 1.76 bits per heavy atom. The van der Waals surface area contributed by atoms with E-state index in [9.17, 15) is 24.9 Å².